The molecule has 1 aromatic rings. The van der Waals surface area contributed by atoms with E-state index in [-0.39, 0.29) is 5.54 Å². The van der Waals surface area contributed by atoms with Gasteiger partial charge in [-0.05, 0) is 52.8 Å². The summed E-state index contributed by atoms with van der Waals surface area (Å²) in [5.74, 6) is 0. The van der Waals surface area contributed by atoms with Crippen molar-refractivity contribution in [2.75, 3.05) is 7.05 Å². The van der Waals surface area contributed by atoms with Crippen molar-refractivity contribution in [1.29, 1.82) is 0 Å². The Morgan fingerprint density at radius 2 is 1.94 bits per heavy atom. The average molecular weight is 266 g/mol. The summed E-state index contributed by atoms with van der Waals surface area (Å²) in [6.07, 6.45) is 4.20. The highest BCUT2D eigenvalue weighted by atomic mass is 32.1. The zero-order valence-corrected chi connectivity index (χ0v) is 12.9. The first-order valence-electron chi connectivity index (χ1n) is 6.97. The number of hydrogen-bond acceptors (Lipinski definition) is 3. The van der Waals surface area contributed by atoms with Gasteiger partial charge in [0.2, 0.25) is 0 Å². The van der Waals surface area contributed by atoms with Gasteiger partial charge in [0.1, 0.15) is 0 Å². The van der Waals surface area contributed by atoms with Gasteiger partial charge in [-0.2, -0.15) is 0 Å². The van der Waals surface area contributed by atoms with Crippen molar-refractivity contribution in [1.82, 2.24) is 10.2 Å². The lowest BCUT2D eigenvalue weighted by atomic mass is 9.92. The molecule has 1 aromatic heterocycles. The summed E-state index contributed by atoms with van der Waals surface area (Å²) < 4.78 is 0. The van der Waals surface area contributed by atoms with Crippen LogP contribution in [0, 0.1) is 0 Å². The highest BCUT2D eigenvalue weighted by molar-refractivity contribution is 7.11. The van der Waals surface area contributed by atoms with Gasteiger partial charge in [0.15, 0.2) is 0 Å². The maximum absolute atomic E-state index is 3.55. The topological polar surface area (TPSA) is 15.3 Å². The van der Waals surface area contributed by atoms with E-state index in [1.165, 1.54) is 29.0 Å². The maximum Gasteiger partial charge on any atom is 0.0327 e. The molecule has 0 spiro atoms. The molecule has 1 aliphatic carbocycles. The third-order valence-corrected chi connectivity index (χ3v) is 4.68. The van der Waals surface area contributed by atoms with Crippen molar-refractivity contribution < 1.29 is 0 Å². The first-order valence-corrected chi connectivity index (χ1v) is 7.78. The zero-order valence-electron chi connectivity index (χ0n) is 12.1. The summed E-state index contributed by atoms with van der Waals surface area (Å²) >= 11 is 1.95. The van der Waals surface area contributed by atoms with Crippen LogP contribution in [0.5, 0.6) is 0 Å². The van der Waals surface area contributed by atoms with E-state index in [2.05, 4.69) is 50.2 Å². The van der Waals surface area contributed by atoms with E-state index in [4.69, 9.17) is 0 Å². The third kappa shape index (κ3) is 4.08. The lowest BCUT2D eigenvalue weighted by Crippen LogP contribution is -2.36. The smallest absolute Gasteiger partial charge is 0.0327 e. The average Bonchev–Trinajstić information content (AvgIpc) is 2.58. The molecule has 1 fully saturated rings. The molecule has 2 rings (SSSR count). The highest BCUT2D eigenvalue weighted by Gasteiger charge is 2.22. The molecule has 1 saturated carbocycles. The van der Waals surface area contributed by atoms with Crippen LogP contribution in [-0.2, 0) is 13.1 Å². The molecule has 0 unspecified atom stereocenters. The zero-order chi connectivity index (χ0) is 13.2. The van der Waals surface area contributed by atoms with Crippen molar-refractivity contribution >= 4 is 11.3 Å². The van der Waals surface area contributed by atoms with Crippen LogP contribution in [0.3, 0.4) is 0 Å². The molecule has 0 atom stereocenters. The number of nitrogens with one attached hydrogen (secondary N) is 1. The van der Waals surface area contributed by atoms with Crippen molar-refractivity contribution in [3.05, 3.63) is 21.9 Å². The first-order chi connectivity index (χ1) is 8.44. The second-order valence-corrected chi connectivity index (χ2v) is 7.72. The molecule has 0 bridgehead atoms. The van der Waals surface area contributed by atoms with E-state index < -0.39 is 0 Å². The summed E-state index contributed by atoms with van der Waals surface area (Å²) in [5.41, 5.74) is 0.201. The summed E-state index contributed by atoms with van der Waals surface area (Å²) in [6.45, 7) is 8.75. The Kier molecular flexibility index (Phi) is 4.46. The number of nitrogens with zero attached hydrogens (tertiary/aromatic N) is 1. The summed E-state index contributed by atoms with van der Waals surface area (Å²) in [6, 6.07) is 5.40. The van der Waals surface area contributed by atoms with Gasteiger partial charge < -0.3 is 5.32 Å². The fourth-order valence-electron chi connectivity index (χ4n) is 2.16. The predicted octanol–water partition coefficient (Wildman–Crippen LogP) is 3.62. The van der Waals surface area contributed by atoms with E-state index in [0.29, 0.717) is 0 Å². The summed E-state index contributed by atoms with van der Waals surface area (Å²) in [7, 11) is 2.26. The largest absolute Gasteiger partial charge is 0.307 e. The Hall–Kier alpha value is -0.380. The fourth-order valence-corrected chi connectivity index (χ4v) is 3.18. The fraction of sp³-hybridized carbons (Fsp3) is 0.733. The Bertz CT molecular complexity index is 374. The number of thiophene rings is 1. The van der Waals surface area contributed by atoms with Crippen LogP contribution < -0.4 is 5.32 Å². The second kappa shape index (κ2) is 5.72. The molecule has 2 nitrogen and oxygen atoms in total. The van der Waals surface area contributed by atoms with Crippen LogP contribution in [0.2, 0.25) is 0 Å². The molecule has 0 aromatic carbocycles. The Morgan fingerprint density at radius 3 is 2.50 bits per heavy atom. The normalized spacial score (nSPS) is 17.2. The van der Waals surface area contributed by atoms with Gasteiger partial charge in [0, 0.05) is 34.4 Å². The van der Waals surface area contributed by atoms with Crippen LogP contribution in [0.25, 0.3) is 0 Å². The van der Waals surface area contributed by atoms with Gasteiger partial charge in [-0.1, -0.05) is 6.42 Å². The number of rotatable bonds is 5. The van der Waals surface area contributed by atoms with Crippen LogP contribution in [0.15, 0.2) is 12.1 Å². The molecule has 18 heavy (non-hydrogen) atoms. The van der Waals surface area contributed by atoms with Crippen LogP contribution in [0.4, 0.5) is 0 Å². The quantitative estimate of drug-likeness (QED) is 0.875. The van der Waals surface area contributed by atoms with Crippen molar-refractivity contribution in [2.45, 2.75) is 64.7 Å². The minimum atomic E-state index is 0.201. The molecule has 3 heteroatoms. The van der Waals surface area contributed by atoms with Gasteiger partial charge in [-0.25, -0.2) is 0 Å². The Balaban J connectivity index is 1.82. The monoisotopic (exact) mass is 266 g/mol. The second-order valence-electron chi connectivity index (χ2n) is 6.47. The third-order valence-electron chi connectivity index (χ3n) is 3.61. The van der Waals surface area contributed by atoms with Crippen molar-refractivity contribution in [3.8, 4) is 0 Å². The van der Waals surface area contributed by atoms with Crippen molar-refractivity contribution in [2.24, 2.45) is 0 Å². The maximum atomic E-state index is 3.55. The molecular weight excluding hydrogens is 240 g/mol. The molecule has 0 saturated heterocycles. The van der Waals surface area contributed by atoms with Gasteiger partial charge in [-0.15, -0.1) is 11.3 Å². The Morgan fingerprint density at radius 1 is 1.28 bits per heavy atom. The molecular formula is C15H26N2S. The summed E-state index contributed by atoms with van der Waals surface area (Å²) in [4.78, 5) is 5.45. The molecule has 1 aliphatic rings. The van der Waals surface area contributed by atoms with E-state index in [9.17, 15) is 0 Å². The van der Waals surface area contributed by atoms with Crippen LogP contribution in [0.1, 0.15) is 49.8 Å². The lowest BCUT2D eigenvalue weighted by molar-refractivity contribution is 0.154. The number of hydrogen-bond donors (Lipinski definition) is 1. The summed E-state index contributed by atoms with van der Waals surface area (Å²) in [5, 5.41) is 3.55. The molecule has 1 heterocycles. The molecule has 1 N–H and O–H groups in total. The van der Waals surface area contributed by atoms with E-state index >= 15 is 0 Å². The molecule has 0 radical (unpaired) electrons. The van der Waals surface area contributed by atoms with Gasteiger partial charge in [0.05, 0.1) is 0 Å². The molecule has 102 valence electrons. The van der Waals surface area contributed by atoms with E-state index in [1.807, 2.05) is 11.3 Å². The minimum absolute atomic E-state index is 0.201. The lowest BCUT2D eigenvalue weighted by Gasteiger charge is -2.34. The SMILES string of the molecule is CN(Cc1ccc(CNC(C)(C)C)s1)C1CCC1. The van der Waals surface area contributed by atoms with Crippen molar-refractivity contribution in [3.63, 3.8) is 0 Å². The molecule has 0 amide bonds. The van der Waals surface area contributed by atoms with E-state index in [1.54, 1.807) is 0 Å². The minimum Gasteiger partial charge on any atom is -0.307 e. The standard InChI is InChI=1S/C15H26N2S/c1-15(2,3)16-10-13-8-9-14(18-13)11-17(4)12-6-5-7-12/h8-9,12,16H,5-7,10-11H2,1-4H3. The first kappa shape index (κ1) is 14.0. The van der Waals surface area contributed by atoms with E-state index in [0.717, 1.165) is 19.1 Å². The predicted molar refractivity (Wildman–Crippen MR) is 80.0 cm³/mol. The molecule has 0 aliphatic heterocycles. The van der Waals surface area contributed by atoms with Crippen LogP contribution >= 0.6 is 11.3 Å². The van der Waals surface area contributed by atoms with Gasteiger partial charge in [0.25, 0.3) is 0 Å². The van der Waals surface area contributed by atoms with Gasteiger partial charge in [-0.3, -0.25) is 4.90 Å². The Labute approximate surface area is 115 Å². The van der Waals surface area contributed by atoms with Crippen LogP contribution in [-0.4, -0.2) is 23.5 Å². The highest BCUT2D eigenvalue weighted by Crippen LogP contribution is 2.26. The van der Waals surface area contributed by atoms with Gasteiger partial charge >= 0.3 is 0 Å².